The van der Waals surface area contributed by atoms with Crippen LogP contribution in [0.25, 0.3) is 10.4 Å². The first-order valence-electron chi connectivity index (χ1n) is 8.50. The van der Waals surface area contributed by atoms with E-state index in [9.17, 15) is 5.11 Å². The average molecular weight is 346 g/mol. The van der Waals surface area contributed by atoms with Crippen LogP contribution in [0.2, 0.25) is 0 Å². The highest BCUT2D eigenvalue weighted by atomic mass is 16.3. The molecule has 26 heavy (non-hydrogen) atoms. The number of nitrogens with zero attached hydrogens (tertiary/aromatic N) is 6. The van der Waals surface area contributed by atoms with Gasteiger partial charge in [0.1, 0.15) is 5.69 Å². The Morgan fingerprint density at radius 1 is 1.12 bits per heavy atom. The lowest BCUT2D eigenvalue weighted by Crippen LogP contribution is -2.30. The summed E-state index contributed by atoms with van der Waals surface area (Å²) in [6, 6.07) is 19.0. The minimum Gasteiger partial charge on any atom is -0.374 e. The monoisotopic (exact) mass is 346 g/mol. The Balaban J connectivity index is 1.82. The molecule has 0 aliphatic carbocycles. The van der Waals surface area contributed by atoms with Gasteiger partial charge in [-0.2, -0.15) is 0 Å². The molecule has 2 aromatic carbocycles. The van der Waals surface area contributed by atoms with Crippen molar-refractivity contribution in [1.29, 1.82) is 0 Å². The van der Waals surface area contributed by atoms with Crippen LogP contribution in [0.5, 0.6) is 0 Å². The largest absolute Gasteiger partial charge is 0.374 e. The summed E-state index contributed by atoms with van der Waals surface area (Å²) in [5.41, 5.74) is 10.1. The highest BCUT2D eigenvalue weighted by Gasteiger charge is 2.41. The van der Waals surface area contributed by atoms with Gasteiger partial charge in [0.2, 0.25) is 0 Å². The first-order valence-corrected chi connectivity index (χ1v) is 8.50. The molecule has 0 saturated heterocycles. The van der Waals surface area contributed by atoms with Crippen molar-refractivity contribution in [3.05, 3.63) is 93.6 Å². The molecule has 130 valence electrons. The van der Waals surface area contributed by atoms with E-state index in [1.54, 1.807) is 0 Å². The fraction of sp³-hybridized carbons (Fsp3) is 0.263. The number of hydrogen-bond acceptors (Lipinski definition) is 4. The summed E-state index contributed by atoms with van der Waals surface area (Å²) in [5, 5.41) is 24.1. The molecule has 7 nitrogen and oxygen atoms in total. The Labute approximate surface area is 150 Å². The summed E-state index contributed by atoms with van der Waals surface area (Å²) >= 11 is 0. The quantitative estimate of drug-likeness (QED) is 0.436. The predicted octanol–water partition coefficient (Wildman–Crippen LogP) is 3.04. The van der Waals surface area contributed by atoms with E-state index in [1.807, 2.05) is 65.3 Å². The fourth-order valence-corrected chi connectivity index (χ4v) is 3.62. The van der Waals surface area contributed by atoms with E-state index < -0.39 is 5.60 Å². The number of benzene rings is 2. The summed E-state index contributed by atoms with van der Waals surface area (Å²) in [5.74, 6) is 0.172. The second kappa shape index (κ2) is 6.63. The number of aliphatic hydroxyl groups is 1. The van der Waals surface area contributed by atoms with Crippen molar-refractivity contribution >= 4 is 0 Å². The van der Waals surface area contributed by atoms with E-state index in [1.165, 1.54) is 0 Å². The third kappa shape index (κ3) is 2.63. The van der Waals surface area contributed by atoms with Gasteiger partial charge in [-0.15, -0.1) is 5.10 Å². The standard InChI is InChI=1S/C19H18N6O/c20-23-21-12-14-11-17-18(22-24-25(17)13-14)19(26,15-7-3-1-4-8-15)16-9-5-2-6-10-16/h1-10,14,26H,11-13H2. The van der Waals surface area contributed by atoms with Crippen LogP contribution >= 0.6 is 0 Å². The summed E-state index contributed by atoms with van der Waals surface area (Å²) in [6.45, 7) is 1.05. The van der Waals surface area contributed by atoms with Crippen LogP contribution in [0.15, 0.2) is 65.8 Å². The second-order valence-electron chi connectivity index (χ2n) is 6.49. The van der Waals surface area contributed by atoms with Crippen LogP contribution in [-0.4, -0.2) is 26.6 Å². The maximum atomic E-state index is 11.8. The molecule has 0 amide bonds. The first-order chi connectivity index (χ1) is 12.7. The third-order valence-electron chi connectivity index (χ3n) is 4.88. The highest BCUT2D eigenvalue weighted by Crippen LogP contribution is 2.39. The molecule has 3 aromatic rings. The minimum absolute atomic E-state index is 0.172. The molecule has 1 aromatic heterocycles. The van der Waals surface area contributed by atoms with Crippen molar-refractivity contribution in [3.8, 4) is 0 Å². The van der Waals surface area contributed by atoms with Crippen LogP contribution < -0.4 is 0 Å². The molecular weight excluding hydrogens is 328 g/mol. The summed E-state index contributed by atoms with van der Waals surface area (Å²) < 4.78 is 1.81. The van der Waals surface area contributed by atoms with Gasteiger partial charge in [-0.05, 0) is 29.0 Å². The van der Waals surface area contributed by atoms with Crippen molar-refractivity contribution in [2.75, 3.05) is 6.54 Å². The van der Waals surface area contributed by atoms with Crippen molar-refractivity contribution in [3.63, 3.8) is 0 Å². The molecule has 0 saturated carbocycles. The number of aromatic nitrogens is 3. The van der Waals surface area contributed by atoms with Crippen LogP contribution in [-0.2, 0) is 18.6 Å². The van der Waals surface area contributed by atoms with Gasteiger partial charge in [-0.25, -0.2) is 4.68 Å². The third-order valence-corrected chi connectivity index (χ3v) is 4.88. The topological polar surface area (TPSA) is 99.7 Å². The van der Waals surface area contributed by atoms with Gasteiger partial charge in [0, 0.05) is 18.0 Å². The molecule has 4 rings (SSSR count). The van der Waals surface area contributed by atoms with Gasteiger partial charge >= 0.3 is 0 Å². The van der Waals surface area contributed by atoms with E-state index in [2.05, 4.69) is 20.3 Å². The summed E-state index contributed by atoms with van der Waals surface area (Å²) in [4.78, 5) is 2.84. The van der Waals surface area contributed by atoms with Crippen LogP contribution in [0, 0.1) is 5.92 Å². The lowest BCUT2D eigenvalue weighted by Gasteiger charge is -2.28. The Bertz CT molecular complexity index is 907. The Morgan fingerprint density at radius 3 is 2.31 bits per heavy atom. The maximum absolute atomic E-state index is 11.8. The number of rotatable bonds is 5. The molecule has 1 N–H and O–H groups in total. The molecule has 0 bridgehead atoms. The van der Waals surface area contributed by atoms with Gasteiger partial charge in [-0.3, -0.25) is 0 Å². The van der Waals surface area contributed by atoms with E-state index in [0.717, 1.165) is 16.8 Å². The minimum atomic E-state index is -1.39. The van der Waals surface area contributed by atoms with E-state index >= 15 is 0 Å². The van der Waals surface area contributed by atoms with Gasteiger partial charge in [-0.1, -0.05) is 71.0 Å². The first kappa shape index (κ1) is 16.3. The van der Waals surface area contributed by atoms with Crippen LogP contribution in [0.3, 0.4) is 0 Å². The highest BCUT2D eigenvalue weighted by molar-refractivity contribution is 5.46. The van der Waals surface area contributed by atoms with Gasteiger partial charge in [0.05, 0.1) is 5.69 Å². The predicted molar refractivity (Wildman–Crippen MR) is 96.2 cm³/mol. The fourth-order valence-electron chi connectivity index (χ4n) is 3.62. The van der Waals surface area contributed by atoms with E-state index in [4.69, 9.17) is 5.53 Å². The van der Waals surface area contributed by atoms with Gasteiger partial charge < -0.3 is 5.11 Å². The smallest absolute Gasteiger partial charge is 0.161 e. The van der Waals surface area contributed by atoms with Crippen molar-refractivity contribution in [2.45, 2.75) is 18.6 Å². The van der Waals surface area contributed by atoms with E-state index in [-0.39, 0.29) is 5.92 Å². The molecule has 7 heteroatoms. The second-order valence-corrected chi connectivity index (χ2v) is 6.49. The number of azide groups is 1. The molecule has 0 fully saturated rings. The van der Waals surface area contributed by atoms with Crippen molar-refractivity contribution in [1.82, 2.24) is 15.0 Å². The molecule has 0 radical (unpaired) electrons. The lowest BCUT2D eigenvalue weighted by molar-refractivity contribution is 0.119. The molecular formula is C19H18N6O. The Hall–Kier alpha value is -3.15. The zero-order valence-corrected chi connectivity index (χ0v) is 14.1. The molecule has 1 atom stereocenters. The van der Waals surface area contributed by atoms with Gasteiger partial charge in [0.15, 0.2) is 5.60 Å². The Morgan fingerprint density at radius 2 is 1.73 bits per heavy atom. The zero-order valence-electron chi connectivity index (χ0n) is 14.1. The average Bonchev–Trinajstić information content (AvgIpc) is 3.27. The summed E-state index contributed by atoms with van der Waals surface area (Å²) in [6.07, 6.45) is 0.670. The SMILES string of the molecule is [N-]=[N+]=NCC1Cc2c(C(O)(c3ccccc3)c3ccccc3)nnn2C1. The normalized spacial score (nSPS) is 16.1. The summed E-state index contributed by atoms with van der Waals surface area (Å²) in [7, 11) is 0. The number of fused-ring (bicyclic) bond motifs is 1. The molecule has 2 heterocycles. The van der Waals surface area contributed by atoms with Crippen molar-refractivity contribution < 1.29 is 5.11 Å². The molecule has 1 unspecified atom stereocenters. The molecule has 0 spiro atoms. The molecule has 1 aliphatic heterocycles. The van der Waals surface area contributed by atoms with Gasteiger partial charge in [0.25, 0.3) is 0 Å². The Kier molecular flexibility index (Phi) is 4.16. The van der Waals surface area contributed by atoms with E-state index in [0.29, 0.717) is 25.2 Å². The van der Waals surface area contributed by atoms with Crippen LogP contribution in [0.4, 0.5) is 0 Å². The van der Waals surface area contributed by atoms with Crippen molar-refractivity contribution in [2.24, 2.45) is 11.0 Å². The maximum Gasteiger partial charge on any atom is 0.161 e. The number of hydrogen-bond donors (Lipinski definition) is 1. The lowest BCUT2D eigenvalue weighted by atomic mass is 9.82. The zero-order chi connectivity index (χ0) is 18.0. The molecule has 1 aliphatic rings. The van der Waals surface area contributed by atoms with Crippen LogP contribution in [0.1, 0.15) is 22.5 Å².